The maximum atomic E-state index is 14.2. The van der Waals surface area contributed by atoms with Crippen molar-refractivity contribution in [2.75, 3.05) is 3.11 Å². The van der Waals surface area contributed by atoms with Gasteiger partial charge in [0.2, 0.25) is 0 Å². The summed E-state index contributed by atoms with van der Waals surface area (Å²) in [6, 6.07) is 19.7. The first-order valence-electron chi connectivity index (χ1n) is 7.84. The third-order valence-electron chi connectivity index (χ3n) is 4.24. The van der Waals surface area contributed by atoms with Crippen LogP contribution in [0.25, 0.3) is 20.2 Å². The van der Waals surface area contributed by atoms with E-state index in [9.17, 15) is 4.39 Å². The van der Waals surface area contributed by atoms with Crippen LogP contribution in [0.2, 0.25) is 0 Å². The van der Waals surface area contributed by atoms with Crippen LogP contribution >= 0.6 is 34.2 Å². The maximum Gasteiger partial charge on any atom is 0.147 e. The number of para-hydroxylation sites is 1. The van der Waals surface area contributed by atoms with Gasteiger partial charge in [0.1, 0.15) is 5.82 Å². The molecule has 0 aliphatic heterocycles. The molecule has 0 unspecified atom stereocenters. The third-order valence-corrected chi connectivity index (χ3v) is 6.60. The lowest BCUT2D eigenvalue weighted by molar-refractivity contribution is 0.631. The highest BCUT2D eigenvalue weighted by molar-refractivity contribution is 14.1. The number of anilines is 2. The summed E-state index contributed by atoms with van der Waals surface area (Å²) in [6.45, 7) is 2.18. The monoisotopic (exact) mass is 447 g/mol. The number of benzene rings is 3. The van der Waals surface area contributed by atoms with E-state index in [0.717, 1.165) is 12.1 Å². The van der Waals surface area contributed by atoms with Crippen molar-refractivity contribution in [1.29, 1.82) is 0 Å². The SMILES string of the molecule is CCc1cccc2c1sc1c(N(I)c3ccccc3F)cccc12. The zero-order valence-electron chi connectivity index (χ0n) is 13.1. The Bertz CT molecular complexity index is 1040. The molecule has 4 heteroatoms. The molecule has 0 amide bonds. The maximum absolute atomic E-state index is 14.2. The van der Waals surface area contributed by atoms with Gasteiger partial charge in [-0.05, 0) is 30.2 Å². The van der Waals surface area contributed by atoms with E-state index >= 15 is 0 Å². The second kappa shape index (κ2) is 6.33. The second-order valence-corrected chi connectivity index (χ2v) is 7.62. The normalized spacial score (nSPS) is 11.3. The van der Waals surface area contributed by atoms with E-state index in [4.69, 9.17) is 0 Å². The van der Waals surface area contributed by atoms with E-state index in [1.165, 1.54) is 31.8 Å². The van der Waals surface area contributed by atoms with Crippen molar-refractivity contribution in [2.24, 2.45) is 0 Å². The standard InChI is InChI=1S/C20H15FINS/c1-2-13-7-5-8-14-15-9-6-12-18(20(15)24-19(13)14)23(22)17-11-4-3-10-16(17)21/h3-12H,2H2,1H3. The average molecular weight is 447 g/mol. The lowest BCUT2D eigenvalue weighted by Gasteiger charge is -2.18. The number of halogens is 2. The van der Waals surface area contributed by atoms with Gasteiger partial charge >= 0.3 is 0 Å². The highest BCUT2D eigenvalue weighted by atomic mass is 127. The van der Waals surface area contributed by atoms with Crippen LogP contribution in [0.15, 0.2) is 60.7 Å². The Morgan fingerprint density at radius 1 is 0.875 bits per heavy atom. The van der Waals surface area contributed by atoms with Gasteiger partial charge in [0, 0.05) is 15.5 Å². The molecule has 120 valence electrons. The number of hydrogen-bond acceptors (Lipinski definition) is 2. The molecule has 0 fully saturated rings. The van der Waals surface area contributed by atoms with Gasteiger partial charge in [-0.3, -0.25) is 3.11 Å². The topological polar surface area (TPSA) is 3.24 Å². The fourth-order valence-corrected chi connectivity index (χ4v) is 5.38. The lowest BCUT2D eigenvalue weighted by Crippen LogP contribution is -2.02. The van der Waals surface area contributed by atoms with Crippen molar-refractivity contribution in [3.63, 3.8) is 0 Å². The van der Waals surface area contributed by atoms with Crippen LogP contribution in [-0.2, 0) is 6.42 Å². The summed E-state index contributed by atoms with van der Waals surface area (Å²) < 4.78 is 18.7. The molecular weight excluding hydrogens is 432 g/mol. The Balaban J connectivity index is 1.98. The van der Waals surface area contributed by atoms with Gasteiger partial charge in [-0.2, -0.15) is 0 Å². The predicted octanol–water partition coefficient (Wildman–Crippen LogP) is 7.24. The van der Waals surface area contributed by atoms with Crippen molar-refractivity contribution >= 4 is 65.7 Å². The van der Waals surface area contributed by atoms with Crippen LogP contribution in [0, 0.1) is 5.82 Å². The molecule has 1 heterocycles. The first-order valence-corrected chi connectivity index (χ1v) is 9.62. The van der Waals surface area contributed by atoms with Crippen LogP contribution in [0.3, 0.4) is 0 Å². The van der Waals surface area contributed by atoms with E-state index in [1.807, 2.05) is 15.2 Å². The summed E-state index contributed by atoms with van der Waals surface area (Å²) in [5.74, 6) is -0.209. The van der Waals surface area contributed by atoms with E-state index in [2.05, 4.69) is 66.2 Å². The summed E-state index contributed by atoms with van der Waals surface area (Å²) in [6.07, 6.45) is 1.01. The molecule has 4 rings (SSSR count). The van der Waals surface area contributed by atoms with E-state index in [-0.39, 0.29) is 5.82 Å². The van der Waals surface area contributed by atoms with Crippen molar-refractivity contribution in [3.8, 4) is 0 Å². The van der Waals surface area contributed by atoms with Gasteiger partial charge in [0.25, 0.3) is 0 Å². The quantitative estimate of drug-likeness (QED) is 0.236. The number of aryl methyl sites for hydroxylation is 1. The zero-order valence-corrected chi connectivity index (χ0v) is 16.1. The van der Waals surface area contributed by atoms with Crippen LogP contribution < -0.4 is 3.11 Å². The Hall–Kier alpha value is -1.66. The van der Waals surface area contributed by atoms with Gasteiger partial charge in [-0.25, -0.2) is 4.39 Å². The average Bonchev–Trinajstić information content (AvgIpc) is 3.00. The first-order chi connectivity index (χ1) is 11.7. The molecule has 0 aliphatic rings. The predicted molar refractivity (Wildman–Crippen MR) is 111 cm³/mol. The number of rotatable bonds is 3. The molecule has 0 aliphatic carbocycles. The fourth-order valence-electron chi connectivity index (χ4n) is 3.04. The molecule has 1 aromatic heterocycles. The molecule has 0 saturated heterocycles. The molecule has 1 nitrogen and oxygen atoms in total. The molecule has 0 saturated carbocycles. The highest BCUT2D eigenvalue weighted by Crippen LogP contribution is 2.44. The minimum absolute atomic E-state index is 0.209. The highest BCUT2D eigenvalue weighted by Gasteiger charge is 2.16. The number of fused-ring (bicyclic) bond motifs is 3. The summed E-state index contributed by atoms with van der Waals surface area (Å²) in [5, 5.41) is 2.52. The number of thiophene rings is 1. The molecule has 4 aromatic rings. The van der Waals surface area contributed by atoms with Gasteiger partial charge in [-0.1, -0.05) is 49.4 Å². The summed E-state index contributed by atoms with van der Waals surface area (Å²) in [5.41, 5.74) is 2.98. The van der Waals surface area contributed by atoms with Crippen molar-refractivity contribution in [3.05, 3.63) is 72.0 Å². The van der Waals surface area contributed by atoms with E-state index in [0.29, 0.717) is 5.69 Å². The number of nitrogens with zero attached hydrogens (tertiary/aromatic N) is 1. The molecule has 0 N–H and O–H groups in total. The van der Waals surface area contributed by atoms with Crippen molar-refractivity contribution in [1.82, 2.24) is 0 Å². The second-order valence-electron chi connectivity index (χ2n) is 5.64. The Morgan fingerprint density at radius 3 is 2.29 bits per heavy atom. The number of hydrogen-bond donors (Lipinski definition) is 0. The largest absolute Gasteiger partial charge is 0.279 e. The van der Waals surface area contributed by atoms with Gasteiger partial charge in [0.15, 0.2) is 0 Å². The summed E-state index contributed by atoms with van der Waals surface area (Å²) >= 11 is 3.99. The Labute approximate surface area is 158 Å². The fraction of sp³-hybridized carbons (Fsp3) is 0.100. The molecule has 0 spiro atoms. The first kappa shape index (κ1) is 15.8. The van der Waals surface area contributed by atoms with Crippen LogP contribution in [0.5, 0.6) is 0 Å². The smallest absolute Gasteiger partial charge is 0.147 e. The molecular formula is C20H15FINS. The van der Waals surface area contributed by atoms with Crippen LogP contribution in [0.1, 0.15) is 12.5 Å². The van der Waals surface area contributed by atoms with Crippen LogP contribution in [0.4, 0.5) is 15.8 Å². The minimum Gasteiger partial charge on any atom is -0.279 e. The summed E-state index contributed by atoms with van der Waals surface area (Å²) in [4.78, 5) is 0. The zero-order chi connectivity index (χ0) is 16.7. The Kier molecular flexibility index (Phi) is 4.18. The lowest BCUT2D eigenvalue weighted by atomic mass is 10.1. The van der Waals surface area contributed by atoms with Crippen molar-refractivity contribution in [2.45, 2.75) is 13.3 Å². The Morgan fingerprint density at radius 2 is 1.54 bits per heavy atom. The molecule has 0 radical (unpaired) electrons. The van der Waals surface area contributed by atoms with Crippen molar-refractivity contribution < 1.29 is 4.39 Å². The molecule has 24 heavy (non-hydrogen) atoms. The van der Waals surface area contributed by atoms with Crippen LogP contribution in [-0.4, -0.2) is 0 Å². The molecule has 3 aromatic carbocycles. The third kappa shape index (κ3) is 2.48. The van der Waals surface area contributed by atoms with Gasteiger partial charge < -0.3 is 0 Å². The molecule has 0 bridgehead atoms. The van der Waals surface area contributed by atoms with E-state index < -0.39 is 0 Å². The van der Waals surface area contributed by atoms with Gasteiger partial charge in [-0.15, -0.1) is 11.3 Å². The minimum atomic E-state index is -0.209. The molecule has 0 atom stereocenters. The summed E-state index contributed by atoms with van der Waals surface area (Å²) in [7, 11) is 0. The van der Waals surface area contributed by atoms with E-state index in [1.54, 1.807) is 17.4 Å². The van der Waals surface area contributed by atoms with Gasteiger partial charge in [0.05, 0.1) is 38.9 Å².